The molecule has 0 unspecified atom stereocenters. The molecule has 0 amide bonds. The molecule has 16 heavy (non-hydrogen) atoms. The highest BCUT2D eigenvalue weighted by atomic mass is 32.2. The highest BCUT2D eigenvalue weighted by Crippen LogP contribution is 2.47. The van der Waals surface area contributed by atoms with E-state index in [0.29, 0.717) is 12.8 Å². The molecule has 1 saturated carbocycles. The van der Waals surface area contributed by atoms with Crippen molar-refractivity contribution in [1.82, 2.24) is 0 Å². The maximum Gasteiger partial charge on any atom is 0.0946 e. The van der Waals surface area contributed by atoms with Gasteiger partial charge in [-0.15, -0.1) is 0 Å². The third-order valence-corrected chi connectivity index (χ3v) is 4.59. The van der Waals surface area contributed by atoms with Crippen LogP contribution in [0.1, 0.15) is 32.1 Å². The van der Waals surface area contributed by atoms with Crippen molar-refractivity contribution in [1.29, 1.82) is 0 Å². The highest BCUT2D eigenvalue weighted by Gasteiger charge is 2.36. The maximum atomic E-state index is 10.5. The van der Waals surface area contributed by atoms with Gasteiger partial charge in [-0.1, -0.05) is 6.42 Å². The van der Waals surface area contributed by atoms with Crippen molar-refractivity contribution in [2.75, 3.05) is 11.5 Å². The Hall–Kier alpha value is -0.180. The van der Waals surface area contributed by atoms with E-state index < -0.39 is 37.2 Å². The van der Waals surface area contributed by atoms with Crippen LogP contribution >= 0.6 is 0 Å². The summed E-state index contributed by atoms with van der Waals surface area (Å²) in [6.45, 7) is 0. The first-order valence-electron chi connectivity index (χ1n) is 4.99. The summed E-state index contributed by atoms with van der Waals surface area (Å²) < 4.78 is 62.9. The van der Waals surface area contributed by atoms with Crippen LogP contribution in [0.2, 0.25) is 0 Å². The van der Waals surface area contributed by atoms with E-state index in [1.807, 2.05) is 0 Å². The van der Waals surface area contributed by atoms with E-state index in [1.165, 1.54) is 0 Å². The SMILES string of the molecule is O=S(=O)([O-])CCC1(CCS(=O)(=O)[O-])CCC1. The predicted molar refractivity (Wildman–Crippen MR) is 54.6 cm³/mol. The summed E-state index contributed by atoms with van der Waals surface area (Å²) in [6, 6.07) is 0. The van der Waals surface area contributed by atoms with Crippen LogP contribution in [0.15, 0.2) is 0 Å². The molecule has 0 spiro atoms. The van der Waals surface area contributed by atoms with Crippen molar-refractivity contribution in [3.05, 3.63) is 0 Å². The van der Waals surface area contributed by atoms with Gasteiger partial charge < -0.3 is 9.11 Å². The van der Waals surface area contributed by atoms with Crippen molar-refractivity contribution in [3.8, 4) is 0 Å². The second-order valence-corrected chi connectivity index (χ2v) is 7.42. The zero-order valence-electron chi connectivity index (χ0n) is 8.72. The Morgan fingerprint density at radius 1 is 0.875 bits per heavy atom. The van der Waals surface area contributed by atoms with E-state index >= 15 is 0 Å². The molecule has 1 aliphatic rings. The summed E-state index contributed by atoms with van der Waals surface area (Å²) in [5, 5.41) is 0. The van der Waals surface area contributed by atoms with Crippen LogP contribution in [0.5, 0.6) is 0 Å². The molecule has 0 aromatic rings. The largest absolute Gasteiger partial charge is 0.748 e. The molecular formula is C8H14O6S2-2. The van der Waals surface area contributed by atoms with Gasteiger partial charge in [0.2, 0.25) is 0 Å². The van der Waals surface area contributed by atoms with Crippen LogP contribution in [-0.4, -0.2) is 37.4 Å². The van der Waals surface area contributed by atoms with Crippen LogP contribution in [0.4, 0.5) is 0 Å². The van der Waals surface area contributed by atoms with Crippen molar-refractivity contribution in [3.63, 3.8) is 0 Å². The quantitative estimate of drug-likeness (QED) is 0.629. The Bertz CT molecular complexity index is 393. The minimum Gasteiger partial charge on any atom is -0.748 e. The lowest BCUT2D eigenvalue weighted by Gasteiger charge is -2.42. The maximum absolute atomic E-state index is 10.5. The predicted octanol–water partition coefficient (Wildman–Crippen LogP) is 0.0273. The Balaban J connectivity index is 2.51. The summed E-state index contributed by atoms with van der Waals surface area (Å²) in [5.41, 5.74) is -0.422. The molecule has 1 rings (SSSR count). The van der Waals surface area contributed by atoms with Crippen LogP contribution < -0.4 is 0 Å². The van der Waals surface area contributed by atoms with Gasteiger partial charge in [-0.25, -0.2) is 16.8 Å². The Morgan fingerprint density at radius 3 is 1.44 bits per heavy atom. The summed E-state index contributed by atoms with van der Waals surface area (Å²) in [5.74, 6) is -0.961. The third-order valence-electron chi connectivity index (χ3n) is 3.18. The Labute approximate surface area is 95.5 Å². The topological polar surface area (TPSA) is 114 Å². The van der Waals surface area contributed by atoms with Crippen molar-refractivity contribution >= 4 is 20.2 Å². The fourth-order valence-corrected chi connectivity index (χ4v) is 3.35. The van der Waals surface area contributed by atoms with E-state index in [9.17, 15) is 25.9 Å². The van der Waals surface area contributed by atoms with E-state index in [-0.39, 0.29) is 12.8 Å². The second-order valence-electron chi connectivity index (χ2n) is 4.38. The molecule has 0 aromatic heterocycles. The molecule has 1 fully saturated rings. The van der Waals surface area contributed by atoms with Crippen LogP contribution in [0, 0.1) is 5.41 Å². The van der Waals surface area contributed by atoms with Crippen molar-refractivity contribution in [2.45, 2.75) is 32.1 Å². The third kappa shape index (κ3) is 4.77. The van der Waals surface area contributed by atoms with Crippen LogP contribution in [0.25, 0.3) is 0 Å². The molecule has 96 valence electrons. The molecule has 0 radical (unpaired) electrons. The summed E-state index contributed by atoms with van der Waals surface area (Å²) in [4.78, 5) is 0. The molecule has 6 nitrogen and oxygen atoms in total. The normalized spacial score (nSPS) is 20.4. The van der Waals surface area contributed by atoms with E-state index in [0.717, 1.165) is 6.42 Å². The van der Waals surface area contributed by atoms with Gasteiger partial charge in [0.05, 0.1) is 20.2 Å². The fourth-order valence-electron chi connectivity index (χ4n) is 1.98. The average molecular weight is 270 g/mol. The standard InChI is InChI=1S/C8H16O6S2/c9-15(10,11)6-4-8(2-1-3-8)5-7-16(12,13)14/h1-7H2,(H,9,10,11)(H,12,13,14)/p-2. The first kappa shape index (κ1) is 13.9. The first-order valence-corrected chi connectivity index (χ1v) is 8.15. The lowest BCUT2D eigenvalue weighted by Crippen LogP contribution is -2.33. The van der Waals surface area contributed by atoms with Gasteiger partial charge in [-0.3, -0.25) is 0 Å². The van der Waals surface area contributed by atoms with E-state index in [2.05, 4.69) is 0 Å². The molecule has 0 bridgehead atoms. The molecule has 0 aromatic carbocycles. The van der Waals surface area contributed by atoms with Crippen LogP contribution in [0.3, 0.4) is 0 Å². The van der Waals surface area contributed by atoms with Crippen molar-refractivity contribution in [2.24, 2.45) is 5.41 Å². The molecular weight excluding hydrogens is 256 g/mol. The minimum atomic E-state index is -4.26. The Kier molecular flexibility index (Phi) is 3.99. The highest BCUT2D eigenvalue weighted by molar-refractivity contribution is 7.85. The number of rotatable bonds is 6. The van der Waals surface area contributed by atoms with Gasteiger partial charge in [-0.2, -0.15) is 0 Å². The summed E-state index contributed by atoms with van der Waals surface area (Å²) >= 11 is 0. The van der Waals surface area contributed by atoms with E-state index in [4.69, 9.17) is 0 Å². The van der Waals surface area contributed by atoms with Gasteiger partial charge in [0, 0.05) is 11.5 Å². The number of hydrogen-bond donors (Lipinski definition) is 0. The van der Waals surface area contributed by atoms with E-state index in [1.54, 1.807) is 0 Å². The van der Waals surface area contributed by atoms with Gasteiger partial charge in [0.15, 0.2) is 0 Å². The second kappa shape index (κ2) is 4.59. The molecule has 0 aliphatic heterocycles. The molecule has 1 aliphatic carbocycles. The zero-order valence-corrected chi connectivity index (χ0v) is 10.3. The van der Waals surface area contributed by atoms with Gasteiger partial charge >= 0.3 is 0 Å². The van der Waals surface area contributed by atoms with Gasteiger partial charge in [0.1, 0.15) is 0 Å². The molecule has 8 heteroatoms. The van der Waals surface area contributed by atoms with Crippen LogP contribution in [-0.2, 0) is 20.2 Å². The Morgan fingerprint density at radius 2 is 1.25 bits per heavy atom. The summed E-state index contributed by atoms with van der Waals surface area (Å²) in [6.07, 6.45) is 2.59. The lowest BCUT2D eigenvalue weighted by atomic mass is 9.65. The first-order chi connectivity index (χ1) is 7.12. The monoisotopic (exact) mass is 270 g/mol. The number of hydrogen-bond acceptors (Lipinski definition) is 6. The fraction of sp³-hybridized carbons (Fsp3) is 1.00. The zero-order chi connectivity index (χ0) is 12.4. The molecule has 0 N–H and O–H groups in total. The molecule has 0 heterocycles. The van der Waals surface area contributed by atoms with Gasteiger partial charge in [0.25, 0.3) is 0 Å². The average Bonchev–Trinajstić information content (AvgIpc) is 1.97. The smallest absolute Gasteiger partial charge is 0.0946 e. The van der Waals surface area contributed by atoms with Crippen molar-refractivity contribution < 1.29 is 25.9 Å². The minimum absolute atomic E-state index is 0.161. The van der Waals surface area contributed by atoms with Gasteiger partial charge in [-0.05, 0) is 31.1 Å². The summed E-state index contributed by atoms with van der Waals surface area (Å²) in [7, 11) is -8.53. The lowest BCUT2D eigenvalue weighted by molar-refractivity contribution is 0.121. The molecule has 0 saturated heterocycles. The molecule has 0 atom stereocenters.